The van der Waals surface area contributed by atoms with Crippen molar-refractivity contribution in [3.05, 3.63) is 0 Å². The molecule has 0 atom stereocenters. The Labute approximate surface area is 97.1 Å². The molecule has 1 fully saturated rings. The summed E-state index contributed by atoms with van der Waals surface area (Å²) in [4.78, 5) is 0. The highest BCUT2D eigenvalue weighted by atomic mass is 32.2. The number of hydrogen-bond donors (Lipinski definition) is 1. The van der Waals surface area contributed by atoms with Crippen LogP contribution in [0, 0.1) is 5.92 Å². The number of ether oxygens (including phenoxy) is 2. The maximum absolute atomic E-state index is 5.85. The van der Waals surface area contributed by atoms with Crippen LogP contribution in [-0.2, 0) is 9.47 Å². The van der Waals surface area contributed by atoms with E-state index in [0.717, 1.165) is 18.6 Å². The summed E-state index contributed by atoms with van der Waals surface area (Å²) in [5, 5.41) is 0. The lowest BCUT2D eigenvalue weighted by Gasteiger charge is -2.53. The molecule has 0 aromatic heterocycles. The summed E-state index contributed by atoms with van der Waals surface area (Å²) >= 11 is 1.97. The molecule has 0 aromatic carbocycles. The van der Waals surface area contributed by atoms with Gasteiger partial charge >= 0.3 is 0 Å². The number of thioether (sulfide) groups is 1. The molecule has 90 valence electrons. The van der Waals surface area contributed by atoms with Crippen LogP contribution in [0.5, 0.6) is 0 Å². The summed E-state index contributed by atoms with van der Waals surface area (Å²) in [6.45, 7) is 5.17. The number of hydrogen-bond acceptors (Lipinski definition) is 4. The van der Waals surface area contributed by atoms with Gasteiger partial charge in [0.2, 0.25) is 0 Å². The molecule has 0 amide bonds. The molecule has 0 spiro atoms. The molecule has 15 heavy (non-hydrogen) atoms. The average Bonchev–Trinajstić information content (AvgIpc) is 2.18. The second kappa shape index (κ2) is 5.04. The van der Waals surface area contributed by atoms with Crippen molar-refractivity contribution in [2.45, 2.75) is 37.2 Å². The molecule has 0 aromatic rings. The maximum atomic E-state index is 5.85. The molecule has 0 radical (unpaired) electrons. The van der Waals surface area contributed by atoms with Crippen LogP contribution in [0.4, 0.5) is 0 Å². The zero-order chi connectivity index (χ0) is 11.5. The molecule has 0 unspecified atom stereocenters. The first-order valence-electron chi connectivity index (χ1n) is 5.46. The van der Waals surface area contributed by atoms with Crippen molar-refractivity contribution in [1.82, 2.24) is 0 Å². The summed E-state index contributed by atoms with van der Waals surface area (Å²) in [6, 6.07) is 0. The van der Waals surface area contributed by atoms with E-state index in [-0.39, 0.29) is 10.5 Å². The van der Waals surface area contributed by atoms with Crippen molar-refractivity contribution in [1.29, 1.82) is 0 Å². The second-order valence-electron chi connectivity index (χ2n) is 4.76. The summed E-state index contributed by atoms with van der Waals surface area (Å²) in [5.74, 6) is 1.49. The predicted molar refractivity (Wildman–Crippen MR) is 65.1 cm³/mol. The number of nitrogens with two attached hydrogens (primary N) is 1. The highest BCUT2D eigenvalue weighted by Gasteiger charge is 2.55. The van der Waals surface area contributed by atoms with E-state index < -0.39 is 0 Å². The van der Waals surface area contributed by atoms with Gasteiger partial charge in [-0.2, -0.15) is 11.8 Å². The smallest absolute Gasteiger partial charge is 0.170 e. The van der Waals surface area contributed by atoms with Crippen LogP contribution in [0.25, 0.3) is 0 Å². The summed E-state index contributed by atoms with van der Waals surface area (Å²) < 4.78 is 11.0. The van der Waals surface area contributed by atoms with Gasteiger partial charge in [0, 0.05) is 38.4 Å². The topological polar surface area (TPSA) is 44.5 Å². The van der Waals surface area contributed by atoms with E-state index >= 15 is 0 Å². The van der Waals surface area contributed by atoms with Crippen LogP contribution in [0.1, 0.15) is 26.7 Å². The Kier molecular flexibility index (Phi) is 4.47. The Morgan fingerprint density at radius 2 is 1.80 bits per heavy atom. The average molecular weight is 233 g/mol. The fourth-order valence-corrected chi connectivity index (χ4v) is 3.40. The zero-order valence-electron chi connectivity index (χ0n) is 10.2. The molecular formula is C11H23NO2S. The van der Waals surface area contributed by atoms with Gasteiger partial charge in [-0.1, -0.05) is 13.8 Å². The van der Waals surface area contributed by atoms with Crippen molar-refractivity contribution in [2.75, 3.05) is 26.5 Å². The Morgan fingerprint density at radius 1 is 1.27 bits per heavy atom. The van der Waals surface area contributed by atoms with Gasteiger partial charge in [-0.05, 0) is 11.7 Å². The van der Waals surface area contributed by atoms with E-state index in [9.17, 15) is 0 Å². The Bertz CT molecular complexity index is 197. The SMILES string of the molecule is COC1(OC)CC(CN)(SCC(C)C)C1. The van der Waals surface area contributed by atoms with Crippen molar-refractivity contribution < 1.29 is 9.47 Å². The Morgan fingerprint density at radius 3 is 2.13 bits per heavy atom. The molecular weight excluding hydrogens is 210 g/mol. The highest BCUT2D eigenvalue weighted by Crippen LogP contribution is 2.52. The number of methoxy groups -OCH3 is 2. The minimum absolute atomic E-state index is 0.177. The Hall–Kier alpha value is 0.230. The third-order valence-electron chi connectivity index (χ3n) is 3.02. The van der Waals surface area contributed by atoms with Gasteiger partial charge in [0.1, 0.15) is 0 Å². The molecule has 0 bridgehead atoms. The highest BCUT2D eigenvalue weighted by molar-refractivity contribution is 8.00. The van der Waals surface area contributed by atoms with E-state index in [1.165, 1.54) is 0 Å². The second-order valence-corrected chi connectivity index (χ2v) is 6.25. The predicted octanol–water partition coefficient (Wildman–Crippen LogP) is 1.86. The molecule has 0 saturated heterocycles. The molecule has 1 aliphatic rings. The molecule has 0 heterocycles. The van der Waals surface area contributed by atoms with E-state index in [1.54, 1.807) is 14.2 Å². The van der Waals surface area contributed by atoms with Crippen LogP contribution in [0.15, 0.2) is 0 Å². The molecule has 2 N–H and O–H groups in total. The third-order valence-corrected chi connectivity index (χ3v) is 4.92. The summed E-state index contributed by atoms with van der Waals surface area (Å²) in [6.07, 6.45) is 1.81. The van der Waals surface area contributed by atoms with Crippen LogP contribution < -0.4 is 5.73 Å². The lowest BCUT2D eigenvalue weighted by Crippen LogP contribution is -2.60. The van der Waals surface area contributed by atoms with E-state index in [4.69, 9.17) is 15.2 Å². The van der Waals surface area contributed by atoms with Crippen LogP contribution in [-0.4, -0.2) is 37.1 Å². The fraction of sp³-hybridized carbons (Fsp3) is 1.00. The maximum Gasteiger partial charge on any atom is 0.170 e. The van der Waals surface area contributed by atoms with Crippen LogP contribution >= 0.6 is 11.8 Å². The Balaban J connectivity index is 2.47. The monoisotopic (exact) mass is 233 g/mol. The summed E-state index contributed by atoms with van der Waals surface area (Å²) in [7, 11) is 3.41. The molecule has 0 aliphatic heterocycles. The van der Waals surface area contributed by atoms with Gasteiger partial charge < -0.3 is 15.2 Å². The first-order valence-corrected chi connectivity index (χ1v) is 6.44. The minimum Gasteiger partial charge on any atom is -0.353 e. The number of rotatable bonds is 6. The van der Waals surface area contributed by atoms with Crippen molar-refractivity contribution in [3.63, 3.8) is 0 Å². The van der Waals surface area contributed by atoms with Gasteiger partial charge in [0.15, 0.2) is 5.79 Å². The van der Waals surface area contributed by atoms with Gasteiger partial charge in [0.25, 0.3) is 0 Å². The normalized spacial score (nSPS) is 22.8. The molecule has 1 saturated carbocycles. The quantitative estimate of drug-likeness (QED) is 0.711. The molecule has 1 aliphatic carbocycles. The largest absolute Gasteiger partial charge is 0.353 e. The fourth-order valence-electron chi connectivity index (χ4n) is 1.95. The first-order chi connectivity index (χ1) is 7.01. The van der Waals surface area contributed by atoms with Gasteiger partial charge in [0.05, 0.1) is 0 Å². The van der Waals surface area contributed by atoms with Gasteiger partial charge in [-0.3, -0.25) is 0 Å². The minimum atomic E-state index is -0.372. The third kappa shape index (κ3) is 2.87. The van der Waals surface area contributed by atoms with Crippen molar-refractivity contribution in [2.24, 2.45) is 11.7 Å². The molecule has 1 rings (SSSR count). The molecule has 4 heteroatoms. The lowest BCUT2D eigenvalue weighted by atomic mass is 9.77. The van der Waals surface area contributed by atoms with Crippen LogP contribution in [0.3, 0.4) is 0 Å². The van der Waals surface area contributed by atoms with Crippen molar-refractivity contribution in [3.8, 4) is 0 Å². The van der Waals surface area contributed by atoms with Crippen molar-refractivity contribution >= 4 is 11.8 Å². The summed E-state index contributed by atoms with van der Waals surface area (Å²) in [5.41, 5.74) is 5.85. The first kappa shape index (κ1) is 13.3. The van der Waals surface area contributed by atoms with E-state index in [2.05, 4.69) is 13.8 Å². The van der Waals surface area contributed by atoms with E-state index in [0.29, 0.717) is 12.5 Å². The van der Waals surface area contributed by atoms with Gasteiger partial charge in [-0.25, -0.2) is 0 Å². The van der Waals surface area contributed by atoms with E-state index in [1.807, 2.05) is 11.8 Å². The standard InChI is InChI=1S/C11H23NO2S/c1-9(2)5-15-10(8-12)6-11(7-10,13-3)14-4/h9H,5-8,12H2,1-4H3. The molecule has 3 nitrogen and oxygen atoms in total. The lowest BCUT2D eigenvalue weighted by molar-refractivity contribution is -0.260. The van der Waals surface area contributed by atoms with Crippen LogP contribution in [0.2, 0.25) is 0 Å². The van der Waals surface area contributed by atoms with Gasteiger partial charge in [-0.15, -0.1) is 0 Å². The zero-order valence-corrected chi connectivity index (χ0v) is 11.0.